The molecule has 18 heavy (non-hydrogen) atoms. The minimum absolute atomic E-state index is 0.0136. The molecule has 1 heterocycles. The molecule has 1 saturated heterocycles. The van der Waals surface area contributed by atoms with Crippen molar-refractivity contribution in [3.63, 3.8) is 0 Å². The molecule has 1 unspecified atom stereocenters. The molecular formula is C13H21F3N2. The third kappa shape index (κ3) is 1.78. The highest BCUT2D eigenvalue weighted by molar-refractivity contribution is 5.14. The molecule has 0 radical (unpaired) electrons. The van der Waals surface area contributed by atoms with Gasteiger partial charge in [-0.3, -0.25) is 4.90 Å². The fraction of sp³-hybridized carbons (Fsp3) is 1.00. The third-order valence-electron chi connectivity index (χ3n) is 5.14. The molecule has 2 aliphatic carbocycles. The second-order valence-corrected chi connectivity index (χ2v) is 6.37. The normalized spacial score (nSPS) is 35.0. The molecule has 3 fully saturated rings. The summed E-state index contributed by atoms with van der Waals surface area (Å²) in [6.45, 7) is 3.19. The van der Waals surface area contributed by atoms with Crippen molar-refractivity contribution in [2.75, 3.05) is 13.1 Å². The SMILES string of the molecule is CC1CNC2(CCCC2)CN1C1(C(F)(F)F)CC1. The lowest BCUT2D eigenvalue weighted by Crippen LogP contribution is -2.67. The first-order chi connectivity index (χ1) is 8.39. The van der Waals surface area contributed by atoms with E-state index in [2.05, 4.69) is 5.32 Å². The molecule has 1 N–H and O–H groups in total. The van der Waals surface area contributed by atoms with E-state index in [0.717, 1.165) is 25.7 Å². The molecule has 3 rings (SSSR count). The largest absolute Gasteiger partial charge is 0.406 e. The summed E-state index contributed by atoms with van der Waals surface area (Å²) in [4.78, 5) is 1.76. The van der Waals surface area contributed by atoms with Gasteiger partial charge in [-0.25, -0.2) is 0 Å². The molecule has 2 nitrogen and oxygen atoms in total. The zero-order chi connectivity index (χ0) is 13.0. The molecule has 0 aromatic heterocycles. The Balaban J connectivity index is 1.82. The van der Waals surface area contributed by atoms with Crippen LogP contribution < -0.4 is 5.32 Å². The van der Waals surface area contributed by atoms with Gasteiger partial charge < -0.3 is 5.32 Å². The average molecular weight is 262 g/mol. The topological polar surface area (TPSA) is 15.3 Å². The molecule has 3 aliphatic rings. The van der Waals surface area contributed by atoms with Crippen LogP contribution in [0.3, 0.4) is 0 Å². The number of piperazine rings is 1. The zero-order valence-electron chi connectivity index (χ0n) is 10.8. The maximum absolute atomic E-state index is 13.3. The Kier molecular flexibility index (Phi) is 2.73. The monoisotopic (exact) mass is 262 g/mol. The Bertz CT molecular complexity index is 330. The summed E-state index contributed by atoms with van der Waals surface area (Å²) in [5.41, 5.74) is -1.53. The van der Waals surface area contributed by atoms with Gasteiger partial charge in [-0.2, -0.15) is 13.2 Å². The van der Waals surface area contributed by atoms with E-state index in [9.17, 15) is 13.2 Å². The van der Waals surface area contributed by atoms with E-state index < -0.39 is 11.7 Å². The van der Waals surface area contributed by atoms with Crippen molar-refractivity contribution in [1.82, 2.24) is 10.2 Å². The van der Waals surface area contributed by atoms with Gasteiger partial charge in [0.2, 0.25) is 0 Å². The number of hydrogen-bond donors (Lipinski definition) is 1. The Morgan fingerprint density at radius 1 is 1.11 bits per heavy atom. The minimum Gasteiger partial charge on any atom is -0.308 e. The molecule has 0 bridgehead atoms. The highest BCUT2D eigenvalue weighted by Gasteiger charge is 2.68. The zero-order valence-corrected chi connectivity index (χ0v) is 10.8. The molecule has 0 aromatic carbocycles. The molecule has 1 aliphatic heterocycles. The minimum atomic E-state index is -4.07. The summed E-state index contributed by atoms with van der Waals surface area (Å²) in [5, 5.41) is 3.52. The Morgan fingerprint density at radius 3 is 2.22 bits per heavy atom. The number of nitrogens with one attached hydrogen (secondary N) is 1. The molecule has 2 saturated carbocycles. The van der Waals surface area contributed by atoms with Gasteiger partial charge in [0.15, 0.2) is 0 Å². The molecule has 104 valence electrons. The van der Waals surface area contributed by atoms with Crippen LogP contribution in [0, 0.1) is 0 Å². The van der Waals surface area contributed by atoms with Gasteiger partial charge in [-0.15, -0.1) is 0 Å². The maximum atomic E-state index is 13.3. The van der Waals surface area contributed by atoms with Crippen LogP contribution in [0.25, 0.3) is 0 Å². The lowest BCUT2D eigenvalue weighted by atomic mass is 9.91. The van der Waals surface area contributed by atoms with Gasteiger partial charge in [0.1, 0.15) is 5.54 Å². The molecule has 5 heteroatoms. The van der Waals surface area contributed by atoms with Crippen molar-refractivity contribution in [2.24, 2.45) is 0 Å². The number of hydrogen-bond acceptors (Lipinski definition) is 2. The number of nitrogens with zero attached hydrogens (tertiary/aromatic N) is 1. The van der Waals surface area contributed by atoms with E-state index in [1.807, 2.05) is 6.92 Å². The molecular weight excluding hydrogens is 241 g/mol. The van der Waals surface area contributed by atoms with E-state index in [0.29, 0.717) is 13.1 Å². The first-order valence-corrected chi connectivity index (χ1v) is 6.97. The van der Waals surface area contributed by atoms with Crippen LogP contribution in [0.1, 0.15) is 45.4 Å². The van der Waals surface area contributed by atoms with Gasteiger partial charge >= 0.3 is 6.18 Å². The summed E-state index contributed by atoms with van der Waals surface area (Å²) in [5.74, 6) is 0. The summed E-state index contributed by atoms with van der Waals surface area (Å²) in [7, 11) is 0. The smallest absolute Gasteiger partial charge is 0.308 e. The first-order valence-electron chi connectivity index (χ1n) is 6.97. The van der Waals surface area contributed by atoms with Crippen LogP contribution in [0.2, 0.25) is 0 Å². The van der Waals surface area contributed by atoms with E-state index in [4.69, 9.17) is 0 Å². The van der Waals surface area contributed by atoms with E-state index >= 15 is 0 Å². The number of rotatable bonds is 1. The molecule has 1 atom stereocenters. The highest BCUT2D eigenvalue weighted by Crippen LogP contribution is 2.55. The van der Waals surface area contributed by atoms with Gasteiger partial charge in [0.05, 0.1) is 0 Å². The first kappa shape index (κ1) is 12.7. The molecule has 1 spiro atoms. The van der Waals surface area contributed by atoms with Crippen molar-refractivity contribution in [2.45, 2.75) is 68.7 Å². The second-order valence-electron chi connectivity index (χ2n) is 6.37. The summed E-state index contributed by atoms with van der Waals surface area (Å²) in [6.07, 6.45) is 0.864. The van der Waals surface area contributed by atoms with Crippen LogP contribution >= 0.6 is 0 Å². The van der Waals surface area contributed by atoms with Crippen molar-refractivity contribution >= 4 is 0 Å². The second kappa shape index (κ2) is 3.85. The van der Waals surface area contributed by atoms with Crippen LogP contribution in [0.5, 0.6) is 0 Å². The average Bonchev–Trinajstić information content (AvgIpc) is 3.00. The van der Waals surface area contributed by atoms with Gasteiger partial charge in [-0.05, 0) is 32.6 Å². The summed E-state index contributed by atoms with van der Waals surface area (Å²) >= 11 is 0. The molecule has 0 aromatic rings. The lowest BCUT2D eigenvalue weighted by Gasteiger charge is -2.49. The Hall–Kier alpha value is -0.290. The van der Waals surface area contributed by atoms with E-state index in [-0.39, 0.29) is 24.4 Å². The lowest BCUT2D eigenvalue weighted by molar-refractivity contribution is -0.208. The highest BCUT2D eigenvalue weighted by atomic mass is 19.4. The quantitative estimate of drug-likeness (QED) is 0.781. The van der Waals surface area contributed by atoms with Gasteiger partial charge in [0, 0.05) is 24.7 Å². The predicted molar refractivity (Wildman–Crippen MR) is 63.4 cm³/mol. The Labute approximate surface area is 106 Å². The van der Waals surface area contributed by atoms with Crippen LogP contribution in [0.15, 0.2) is 0 Å². The van der Waals surface area contributed by atoms with Gasteiger partial charge in [-0.1, -0.05) is 12.8 Å². The van der Waals surface area contributed by atoms with Crippen molar-refractivity contribution in [1.29, 1.82) is 0 Å². The van der Waals surface area contributed by atoms with Crippen molar-refractivity contribution in [3.05, 3.63) is 0 Å². The van der Waals surface area contributed by atoms with Crippen molar-refractivity contribution in [3.8, 4) is 0 Å². The fourth-order valence-electron chi connectivity index (χ4n) is 3.82. The molecule has 0 amide bonds. The standard InChI is InChI=1S/C13H21F3N2/c1-10-8-17-11(4-2-3-5-11)9-18(10)12(6-7-12)13(14,15)16/h10,17H,2-9H2,1H3. The number of halogens is 3. The fourth-order valence-corrected chi connectivity index (χ4v) is 3.82. The van der Waals surface area contributed by atoms with E-state index in [1.54, 1.807) is 4.90 Å². The van der Waals surface area contributed by atoms with Gasteiger partial charge in [0.25, 0.3) is 0 Å². The van der Waals surface area contributed by atoms with Crippen molar-refractivity contribution < 1.29 is 13.2 Å². The van der Waals surface area contributed by atoms with Crippen LogP contribution in [-0.4, -0.2) is 41.3 Å². The maximum Gasteiger partial charge on any atom is 0.406 e. The summed E-state index contributed by atoms with van der Waals surface area (Å²) in [6, 6.07) is -0.0136. The van der Waals surface area contributed by atoms with Crippen LogP contribution in [0.4, 0.5) is 13.2 Å². The van der Waals surface area contributed by atoms with Crippen LogP contribution in [-0.2, 0) is 0 Å². The Morgan fingerprint density at radius 2 is 1.72 bits per heavy atom. The number of alkyl halides is 3. The summed E-state index contributed by atoms with van der Waals surface area (Å²) < 4.78 is 39.8. The third-order valence-corrected chi connectivity index (χ3v) is 5.14. The van der Waals surface area contributed by atoms with E-state index in [1.165, 1.54) is 0 Å². The predicted octanol–water partition coefficient (Wildman–Crippen LogP) is 2.69.